The van der Waals surface area contributed by atoms with Gasteiger partial charge in [-0.2, -0.15) is 0 Å². The second kappa shape index (κ2) is 9.60. The molecular weight excluding hydrogens is 386 g/mol. The molecule has 0 fully saturated rings. The molecule has 3 aromatic rings. The molecule has 8 heteroatoms. The first-order chi connectivity index (χ1) is 14.4. The van der Waals surface area contributed by atoms with Crippen LogP contribution in [-0.4, -0.2) is 30.6 Å². The highest BCUT2D eigenvalue weighted by Crippen LogP contribution is 2.23. The molecule has 1 heterocycles. The minimum absolute atomic E-state index is 0.393. The molecular formula is C22H23N3O5. The van der Waals surface area contributed by atoms with Gasteiger partial charge in [0.15, 0.2) is 6.61 Å². The van der Waals surface area contributed by atoms with Crippen LogP contribution in [0.5, 0.6) is 0 Å². The zero-order valence-corrected chi connectivity index (χ0v) is 16.7. The van der Waals surface area contributed by atoms with Crippen LogP contribution >= 0.6 is 0 Å². The Balaban J connectivity index is 1.43. The van der Waals surface area contributed by atoms with E-state index in [1.165, 1.54) is 6.92 Å². The van der Waals surface area contributed by atoms with E-state index < -0.39 is 36.6 Å². The predicted molar refractivity (Wildman–Crippen MR) is 112 cm³/mol. The average molecular weight is 409 g/mol. The van der Waals surface area contributed by atoms with Gasteiger partial charge in [-0.15, -0.1) is 0 Å². The van der Waals surface area contributed by atoms with Gasteiger partial charge in [0.1, 0.15) is 17.4 Å². The summed E-state index contributed by atoms with van der Waals surface area (Å²) in [5, 5.41) is 8.72. The highest BCUT2D eigenvalue weighted by molar-refractivity contribution is 5.92. The van der Waals surface area contributed by atoms with Crippen molar-refractivity contribution in [1.82, 2.24) is 10.6 Å². The Bertz CT molecular complexity index is 998. The van der Waals surface area contributed by atoms with Crippen molar-refractivity contribution in [3.8, 4) is 0 Å². The molecule has 0 saturated heterocycles. The maximum absolute atomic E-state index is 12.1. The van der Waals surface area contributed by atoms with E-state index in [9.17, 15) is 14.4 Å². The van der Waals surface area contributed by atoms with Gasteiger partial charge in [0.2, 0.25) is 0 Å². The van der Waals surface area contributed by atoms with Crippen LogP contribution in [0.1, 0.15) is 25.6 Å². The molecule has 2 aromatic carbocycles. The maximum atomic E-state index is 12.1. The van der Waals surface area contributed by atoms with E-state index in [-0.39, 0.29) is 0 Å². The van der Waals surface area contributed by atoms with Crippen molar-refractivity contribution in [3.05, 3.63) is 66.4 Å². The first-order valence-corrected chi connectivity index (χ1v) is 9.49. The van der Waals surface area contributed by atoms with Crippen LogP contribution in [0.4, 0.5) is 10.5 Å². The Morgan fingerprint density at radius 3 is 2.40 bits per heavy atom. The summed E-state index contributed by atoms with van der Waals surface area (Å²) in [6.45, 7) is 2.78. The van der Waals surface area contributed by atoms with Crippen molar-refractivity contribution in [1.29, 1.82) is 0 Å². The molecule has 2 atom stereocenters. The quantitative estimate of drug-likeness (QED) is 0.519. The molecule has 0 bridgehead atoms. The molecule has 0 unspecified atom stereocenters. The number of hydrogen-bond donors (Lipinski definition) is 3. The van der Waals surface area contributed by atoms with Crippen LogP contribution in [0.15, 0.2) is 65.1 Å². The molecule has 3 rings (SSSR count). The Morgan fingerprint density at radius 1 is 0.967 bits per heavy atom. The molecule has 30 heavy (non-hydrogen) atoms. The topological polar surface area (TPSA) is 110 Å². The number of hydrogen-bond acceptors (Lipinski definition) is 5. The standard InChI is InChI=1S/C22H23N3O5/c1-14(19-12-16-8-6-7-11-18(16)30-19)23-20(26)13-29-21(27)15(2)24-22(28)25-17-9-4-3-5-10-17/h3-12,14-15H,13H2,1-2H3,(H,23,26)(H2,24,25,28)/t14-,15-/m0/s1. The van der Waals surface area contributed by atoms with E-state index in [1.807, 2.05) is 36.4 Å². The van der Waals surface area contributed by atoms with Crippen molar-refractivity contribution in [2.45, 2.75) is 25.9 Å². The Labute approximate surface area is 173 Å². The van der Waals surface area contributed by atoms with Crippen molar-refractivity contribution >= 4 is 34.6 Å². The number of benzene rings is 2. The lowest BCUT2D eigenvalue weighted by molar-refractivity contribution is -0.150. The lowest BCUT2D eigenvalue weighted by Gasteiger charge is -2.15. The van der Waals surface area contributed by atoms with Crippen LogP contribution in [-0.2, 0) is 14.3 Å². The summed E-state index contributed by atoms with van der Waals surface area (Å²) in [4.78, 5) is 36.1. The summed E-state index contributed by atoms with van der Waals surface area (Å²) in [5.74, 6) is -0.592. The molecule has 3 amide bonds. The van der Waals surface area contributed by atoms with Crippen LogP contribution in [0.25, 0.3) is 11.0 Å². The number of anilines is 1. The third-order valence-electron chi connectivity index (χ3n) is 4.33. The van der Waals surface area contributed by atoms with Gasteiger partial charge in [-0.3, -0.25) is 4.79 Å². The van der Waals surface area contributed by atoms with Gasteiger partial charge >= 0.3 is 12.0 Å². The van der Waals surface area contributed by atoms with E-state index in [0.29, 0.717) is 11.4 Å². The smallest absolute Gasteiger partial charge is 0.328 e. The van der Waals surface area contributed by atoms with Gasteiger partial charge in [0.25, 0.3) is 5.91 Å². The highest BCUT2D eigenvalue weighted by atomic mass is 16.5. The zero-order valence-electron chi connectivity index (χ0n) is 16.7. The van der Waals surface area contributed by atoms with Crippen LogP contribution in [0, 0.1) is 0 Å². The fourth-order valence-corrected chi connectivity index (χ4v) is 2.78. The van der Waals surface area contributed by atoms with Gasteiger partial charge in [0.05, 0.1) is 6.04 Å². The highest BCUT2D eigenvalue weighted by Gasteiger charge is 2.20. The number of rotatable bonds is 7. The SMILES string of the molecule is C[C@H](NC(=O)Nc1ccccc1)C(=O)OCC(=O)N[C@@H](C)c1cc2ccccc2o1. The summed E-state index contributed by atoms with van der Waals surface area (Å²) >= 11 is 0. The Morgan fingerprint density at radius 2 is 1.67 bits per heavy atom. The number of amides is 3. The normalized spacial score (nSPS) is 12.6. The van der Waals surface area contributed by atoms with Gasteiger partial charge in [-0.1, -0.05) is 36.4 Å². The first-order valence-electron chi connectivity index (χ1n) is 9.49. The van der Waals surface area contributed by atoms with Crippen molar-refractivity contribution in [2.75, 3.05) is 11.9 Å². The van der Waals surface area contributed by atoms with Gasteiger partial charge < -0.3 is 25.1 Å². The van der Waals surface area contributed by atoms with E-state index in [1.54, 1.807) is 31.2 Å². The Kier molecular flexibility index (Phi) is 6.69. The fraction of sp³-hybridized carbons (Fsp3) is 0.227. The minimum Gasteiger partial charge on any atom is -0.459 e. The number of esters is 1. The monoisotopic (exact) mass is 409 g/mol. The molecule has 3 N–H and O–H groups in total. The van der Waals surface area contributed by atoms with Crippen LogP contribution in [0.2, 0.25) is 0 Å². The second-order valence-corrected chi connectivity index (χ2v) is 6.77. The number of furan rings is 1. The molecule has 0 saturated carbocycles. The largest absolute Gasteiger partial charge is 0.459 e. The fourth-order valence-electron chi connectivity index (χ4n) is 2.78. The van der Waals surface area contributed by atoms with Crippen LogP contribution < -0.4 is 16.0 Å². The summed E-state index contributed by atoms with van der Waals surface area (Å²) in [7, 11) is 0. The first kappa shape index (κ1) is 20.9. The molecule has 0 spiro atoms. The molecule has 0 aliphatic carbocycles. The van der Waals surface area contributed by atoms with Crippen molar-refractivity contribution in [2.24, 2.45) is 0 Å². The summed E-state index contributed by atoms with van der Waals surface area (Å²) in [5.41, 5.74) is 1.32. The van der Waals surface area contributed by atoms with E-state index in [2.05, 4.69) is 16.0 Å². The molecule has 156 valence electrons. The van der Waals surface area contributed by atoms with E-state index in [0.717, 1.165) is 11.0 Å². The number of nitrogens with one attached hydrogen (secondary N) is 3. The number of ether oxygens (including phenoxy) is 1. The number of fused-ring (bicyclic) bond motifs is 1. The third kappa shape index (κ3) is 5.60. The van der Waals surface area contributed by atoms with Gasteiger partial charge in [0, 0.05) is 11.1 Å². The molecule has 0 radical (unpaired) electrons. The van der Waals surface area contributed by atoms with Crippen LogP contribution in [0.3, 0.4) is 0 Å². The number of carbonyl (C=O) groups excluding carboxylic acids is 3. The zero-order chi connectivity index (χ0) is 21.5. The third-order valence-corrected chi connectivity index (χ3v) is 4.33. The van der Waals surface area contributed by atoms with Crippen molar-refractivity contribution in [3.63, 3.8) is 0 Å². The molecule has 0 aliphatic heterocycles. The molecule has 0 aliphatic rings. The summed E-state index contributed by atoms with van der Waals surface area (Å²) in [6.07, 6.45) is 0. The van der Waals surface area contributed by atoms with E-state index >= 15 is 0 Å². The molecule has 8 nitrogen and oxygen atoms in total. The van der Waals surface area contributed by atoms with E-state index in [4.69, 9.17) is 9.15 Å². The Hall–Kier alpha value is -3.81. The maximum Gasteiger partial charge on any atom is 0.328 e. The van der Waals surface area contributed by atoms with Crippen molar-refractivity contribution < 1.29 is 23.5 Å². The number of urea groups is 1. The minimum atomic E-state index is -0.922. The summed E-state index contributed by atoms with van der Waals surface area (Å²) in [6, 6.07) is 16.3. The van der Waals surface area contributed by atoms with Gasteiger partial charge in [-0.05, 0) is 38.1 Å². The lowest BCUT2D eigenvalue weighted by Crippen LogP contribution is -2.43. The summed E-state index contributed by atoms with van der Waals surface area (Å²) < 4.78 is 10.7. The number of carbonyl (C=O) groups is 3. The second-order valence-electron chi connectivity index (χ2n) is 6.77. The predicted octanol–water partition coefficient (Wildman–Crippen LogP) is 3.36. The van der Waals surface area contributed by atoms with Gasteiger partial charge in [-0.25, -0.2) is 9.59 Å². The average Bonchev–Trinajstić information content (AvgIpc) is 3.17. The number of para-hydroxylation sites is 2. The molecule has 1 aromatic heterocycles. The lowest BCUT2D eigenvalue weighted by atomic mass is 10.2.